The van der Waals surface area contributed by atoms with Crippen LogP contribution in [0.1, 0.15) is 48.3 Å². The SMILES string of the molecule is Cc1cc2c(o1)CC(C)(C)CC2NCc1sccc1Br. The molecule has 2 aromatic heterocycles. The molecule has 0 spiro atoms. The first-order chi connectivity index (χ1) is 9.44. The Balaban J connectivity index is 1.80. The maximum Gasteiger partial charge on any atom is 0.109 e. The molecule has 1 N–H and O–H groups in total. The molecule has 3 rings (SSSR count). The van der Waals surface area contributed by atoms with Crippen molar-refractivity contribution in [1.82, 2.24) is 5.32 Å². The third-order valence-electron chi connectivity index (χ3n) is 3.94. The van der Waals surface area contributed by atoms with Gasteiger partial charge in [0.25, 0.3) is 0 Å². The minimum atomic E-state index is 0.293. The monoisotopic (exact) mass is 353 g/mol. The van der Waals surface area contributed by atoms with Gasteiger partial charge in [0.2, 0.25) is 0 Å². The number of hydrogen-bond acceptors (Lipinski definition) is 3. The van der Waals surface area contributed by atoms with Crippen LogP contribution in [0.2, 0.25) is 0 Å². The number of hydrogen-bond donors (Lipinski definition) is 1. The quantitative estimate of drug-likeness (QED) is 0.818. The molecule has 1 aliphatic carbocycles. The number of furan rings is 1. The van der Waals surface area contributed by atoms with Gasteiger partial charge in [0.1, 0.15) is 11.5 Å². The lowest BCUT2D eigenvalue weighted by molar-refractivity contribution is 0.234. The minimum Gasteiger partial charge on any atom is -0.466 e. The van der Waals surface area contributed by atoms with Gasteiger partial charge < -0.3 is 9.73 Å². The molecule has 108 valence electrons. The van der Waals surface area contributed by atoms with E-state index >= 15 is 0 Å². The topological polar surface area (TPSA) is 25.2 Å². The highest BCUT2D eigenvalue weighted by Crippen LogP contribution is 2.42. The maximum atomic E-state index is 5.89. The summed E-state index contributed by atoms with van der Waals surface area (Å²) in [5.74, 6) is 2.19. The average Bonchev–Trinajstić information content (AvgIpc) is 2.90. The van der Waals surface area contributed by atoms with Crippen LogP contribution < -0.4 is 5.32 Å². The van der Waals surface area contributed by atoms with Crippen molar-refractivity contribution < 1.29 is 4.42 Å². The van der Waals surface area contributed by atoms with E-state index in [4.69, 9.17) is 4.42 Å². The first-order valence-corrected chi connectivity index (χ1v) is 8.66. The average molecular weight is 354 g/mol. The van der Waals surface area contributed by atoms with Crippen LogP contribution in [0.15, 0.2) is 26.4 Å². The molecule has 0 radical (unpaired) electrons. The van der Waals surface area contributed by atoms with Gasteiger partial charge in [-0.1, -0.05) is 13.8 Å². The fraction of sp³-hybridized carbons (Fsp3) is 0.500. The third-order valence-corrected chi connectivity index (χ3v) is 5.86. The standard InChI is InChI=1S/C16H20BrNOS/c1-10-6-11-13(7-16(2,3)8-14(11)19-10)18-9-15-12(17)4-5-20-15/h4-6,13,18H,7-9H2,1-3H3. The van der Waals surface area contributed by atoms with Gasteiger partial charge in [-0.25, -0.2) is 0 Å². The Bertz CT molecular complexity index is 614. The van der Waals surface area contributed by atoms with E-state index in [9.17, 15) is 0 Å². The van der Waals surface area contributed by atoms with Crippen LogP contribution in [0.5, 0.6) is 0 Å². The fourth-order valence-electron chi connectivity index (χ4n) is 3.03. The zero-order valence-corrected chi connectivity index (χ0v) is 14.5. The third kappa shape index (κ3) is 2.87. The van der Waals surface area contributed by atoms with E-state index in [1.165, 1.54) is 20.7 Å². The second-order valence-corrected chi connectivity index (χ2v) is 8.26. The molecule has 4 heteroatoms. The molecule has 2 heterocycles. The second-order valence-electron chi connectivity index (χ2n) is 6.41. The molecule has 0 bridgehead atoms. The summed E-state index contributed by atoms with van der Waals surface area (Å²) in [4.78, 5) is 1.36. The highest BCUT2D eigenvalue weighted by Gasteiger charge is 2.34. The molecule has 0 amide bonds. The van der Waals surface area contributed by atoms with E-state index in [1.807, 2.05) is 6.92 Å². The van der Waals surface area contributed by atoms with Crippen molar-refractivity contribution in [2.24, 2.45) is 5.41 Å². The minimum absolute atomic E-state index is 0.293. The van der Waals surface area contributed by atoms with Crippen LogP contribution >= 0.6 is 27.3 Å². The lowest BCUT2D eigenvalue weighted by Gasteiger charge is -2.34. The fourth-order valence-corrected chi connectivity index (χ4v) is 4.48. The van der Waals surface area contributed by atoms with Gasteiger partial charge in [-0.05, 0) is 52.2 Å². The molecule has 0 aromatic carbocycles. The van der Waals surface area contributed by atoms with E-state index in [-0.39, 0.29) is 0 Å². The van der Waals surface area contributed by atoms with Crippen molar-refractivity contribution in [2.45, 2.75) is 46.2 Å². The Labute approximate surface area is 132 Å². The largest absolute Gasteiger partial charge is 0.466 e. The highest BCUT2D eigenvalue weighted by atomic mass is 79.9. The Morgan fingerprint density at radius 2 is 2.30 bits per heavy atom. The van der Waals surface area contributed by atoms with Crippen molar-refractivity contribution in [3.63, 3.8) is 0 Å². The Morgan fingerprint density at radius 3 is 3.00 bits per heavy atom. The summed E-state index contributed by atoms with van der Waals surface area (Å²) < 4.78 is 7.09. The molecular weight excluding hydrogens is 334 g/mol. The molecule has 20 heavy (non-hydrogen) atoms. The molecule has 2 nitrogen and oxygen atoms in total. The lowest BCUT2D eigenvalue weighted by atomic mass is 9.75. The van der Waals surface area contributed by atoms with Gasteiger partial charge in [0.15, 0.2) is 0 Å². The van der Waals surface area contributed by atoms with E-state index in [0.717, 1.165) is 25.1 Å². The van der Waals surface area contributed by atoms with Crippen LogP contribution in [0.4, 0.5) is 0 Å². The Morgan fingerprint density at radius 1 is 1.50 bits per heavy atom. The van der Waals surface area contributed by atoms with Gasteiger partial charge in [-0.15, -0.1) is 11.3 Å². The highest BCUT2D eigenvalue weighted by molar-refractivity contribution is 9.10. The van der Waals surface area contributed by atoms with Crippen LogP contribution in [-0.4, -0.2) is 0 Å². The second kappa shape index (κ2) is 5.32. The van der Waals surface area contributed by atoms with E-state index in [1.54, 1.807) is 11.3 Å². The Hall–Kier alpha value is -0.580. The molecule has 1 aliphatic rings. The molecular formula is C16H20BrNOS. The number of halogens is 1. The first kappa shape index (κ1) is 14.4. The normalized spacial score (nSPS) is 20.9. The molecule has 0 saturated heterocycles. The van der Waals surface area contributed by atoms with Crippen molar-refractivity contribution in [2.75, 3.05) is 0 Å². The van der Waals surface area contributed by atoms with Crippen molar-refractivity contribution in [3.8, 4) is 0 Å². The van der Waals surface area contributed by atoms with Gasteiger partial charge in [-0.3, -0.25) is 0 Å². The summed E-state index contributed by atoms with van der Waals surface area (Å²) in [6.07, 6.45) is 2.19. The summed E-state index contributed by atoms with van der Waals surface area (Å²) in [5, 5.41) is 5.83. The zero-order chi connectivity index (χ0) is 14.3. The van der Waals surface area contributed by atoms with Crippen LogP contribution in [0.25, 0.3) is 0 Å². The zero-order valence-electron chi connectivity index (χ0n) is 12.1. The first-order valence-electron chi connectivity index (χ1n) is 6.99. The van der Waals surface area contributed by atoms with E-state index in [0.29, 0.717) is 11.5 Å². The maximum absolute atomic E-state index is 5.89. The number of fused-ring (bicyclic) bond motifs is 1. The number of nitrogens with one attached hydrogen (secondary N) is 1. The smallest absolute Gasteiger partial charge is 0.109 e. The van der Waals surface area contributed by atoms with Crippen molar-refractivity contribution in [1.29, 1.82) is 0 Å². The molecule has 0 aliphatic heterocycles. The number of aryl methyl sites for hydroxylation is 1. The summed E-state index contributed by atoms with van der Waals surface area (Å²) in [6.45, 7) is 7.59. The van der Waals surface area contributed by atoms with Gasteiger partial charge >= 0.3 is 0 Å². The number of thiophene rings is 1. The molecule has 1 unspecified atom stereocenters. The van der Waals surface area contributed by atoms with Crippen molar-refractivity contribution >= 4 is 27.3 Å². The summed E-state index contributed by atoms with van der Waals surface area (Å²) in [7, 11) is 0. The Kier molecular flexibility index (Phi) is 3.82. The number of rotatable bonds is 3. The molecule has 1 atom stereocenters. The van der Waals surface area contributed by atoms with Crippen molar-refractivity contribution in [3.05, 3.63) is 43.9 Å². The van der Waals surface area contributed by atoms with Crippen LogP contribution in [0.3, 0.4) is 0 Å². The van der Waals surface area contributed by atoms with Gasteiger partial charge in [0, 0.05) is 33.9 Å². The predicted molar refractivity (Wildman–Crippen MR) is 87.1 cm³/mol. The van der Waals surface area contributed by atoms with Gasteiger partial charge in [0.05, 0.1) is 0 Å². The van der Waals surface area contributed by atoms with Crippen LogP contribution in [-0.2, 0) is 13.0 Å². The molecule has 0 saturated carbocycles. The summed E-state index contributed by atoms with van der Waals surface area (Å²) in [6, 6.07) is 4.70. The summed E-state index contributed by atoms with van der Waals surface area (Å²) >= 11 is 5.39. The molecule has 2 aromatic rings. The predicted octanol–water partition coefficient (Wildman–Crippen LogP) is 5.22. The molecule has 0 fully saturated rings. The van der Waals surface area contributed by atoms with Crippen LogP contribution in [0, 0.1) is 12.3 Å². The lowest BCUT2D eigenvalue weighted by Crippen LogP contribution is -2.32. The van der Waals surface area contributed by atoms with E-state index in [2.05, 4.69) is 52.6 Å². The van der Waals surface area contributed by atoms with Gasteiger partial charge in [-0.2, -0.15) is 0 Å². The van der Waals surface area contributed by atoms with E-state index < -0.39 is 0 Å². The summed E-state index contributed by atoms with van der Waals surface area (Å²) in [5.41, 5.74) is 1.65.